The Morgan fingerprint density at radius 3 is 2.41 bits per heavy atom. The minimum absolute atomic E-state index is 0.0130. The monoisotopic (exact) mass is 271 g/mol. The number of rotatable bonds is 2. The first-order chi connectivity index (χ1) is 8.09. The molecule has 0 bridgehead atoms. The van der Waals surface area contributed by atoms with Gasteiger partial charge in [0.15, 0.2) is 0 Å². The van der Waals surface area contributed by atoms with Crippen molar-refractivity contribution in [2.45, 2.75) is 6.23 Å². The number of esters is 1. The van der Waals surface area contributed by atoms with Crippen LogP contribution < -0.4 is 5.32 Å². The van der Waals surface area contributed by atoms with Crippen molar-refractivity contribution in [3.05, 3.63) is 46.0 Å². The van der Waals surface area contributed by atoms with E-state index in [0.29, 0.717) is 5.56 Å². The summed E-state index contributed by atoms with van der Waals surface area (Å²) < 4.78 is 4.77. The van der Waals surface area contributed by atoms with Crippen molar-refractivity contribution in [3.8, 4) is 0 Å². The number of nitrogens with one attached hydrogen (secondary N) is 1. The van der Waals surface area contributed by atoms with E-state index < -0.39 is 18.1 Å². The van der Waals surface area contributed by atoms with Crippen LogP contribution in [0, 0.1) is 0 Å². The van der Waals surface area contributed by atoms with Gasteiger partial charge in [0.05, 0.1) is 0 Å². The van der Waals surface area contributed by atoms with Gasteiger partial charge in [-0.3, -0.25) is 4.79 Å². The summed E-state index contributed by atoms with van der Waals surface area (Å²) in [6, 6.07) is 8.49. The molecule has 0 radical (unpaired) electrons. The first-order valence-electron chi connectivity index (χ1n) is 4.71. The summed E-state index contributed by atoms with van der Waals surface area (Å²) in [5.74, 6) is -1.14. The molecule has 17 heavy (non-hydrogen) atoms. The van der Waals surface area contributed by atoms with Crippen LogP contribution in [0.5, 0.6) is 0 Å². The molecular formula is C11H7Cl2NO3. The lowest BCUT2D eigenvalue weighted by atomic mass is 10.2. The van der Waals surface area contributed by atoms with Gasteiger partial charge in [0.1, 0.15) is 10.1 Å². The van der Waals surface area contributed by atoms with Crippen LogP contribution in [0.4, 0.5) is 0 Å². The third kappa shape index (κ3) is 2.43. The minimum Gasteiger partial charge on any atom is -0.432 e. The van der Waals surface area contributed by atoms with Crippen molar-refractivity contribution in [2.75, 3.05) is 0 Å². The highest BCUT2D eigenvalue weighted by Gasteiger charge is 2.33. The SMILES string of the molecule is O=C1O[C@H](NC(=O)c2ccccc2)C(Cl)=C1Cl. The van der Waals surface area contributed by atoms with E-state index in [1.165, 1.54) is 0 Å². The van der Waals surface area contributed by atoms with Crippen LogP contribution in [0.15, 0.2) is 40.4 Å². The molecule has 1 amide bonds. The molecule has 88 valence electrons. The number of hydrogen-bond donors (Lipinski definition) is 1. The zero-order chi connectivity index (χ0) is 12.4. The molecule has 1 aliphatic heterocycles. The average molecular weight is 272 g/mol. The molecule has 0 saturated heterocycles. The highest BCUT2D eigenvalue weighted by atomic mass is 35.5. The third-order valence-electron chi connectivity index (χ3n) is 2.14. The minimum atomic E-state index is -1.01. The zero-order valence-electron chi connectivity index (χ0n) is 8.44. The molecule has 4 nitrogen and oxygen atoms in total. The molecule has 6 heteroatoms. The predicted octanol–water partition coefficient (Wildman–Crippen LogP) is 1.99. The topological polar surface area (TPSA) is 55.4 Å². The highest BCUT2D eigenvalue weighted by molar-refractivity contribution is 6.48. The summed E-state index contributed by atoms with van der Waals surface area (Å²) in [4.78, 5) is 22.8. The summed E-state index contributed by atoms with van der Waals surface area (Å²) in [7, 11) is 0. The van der Waals surface area contributed by atoms with Crippen LogP contribution >= 0.6 is 23.2 Å². The second kappa shape index (κ2) is 4.77. The molecule has 1 heterocycles. The van der Waals surface area contributed by atoms with Gasteiger partial charge in [0.25, 0.3) is 5.91 Å². The molecule has 1 N–H and O–H groups in total. The first kappa shape index (κ1) is 12.0. The Hall–Kier alpha value is -1.52. The standard InChI is InChI=1S/C11H7Cl2NO3/c12-7-8(13)11(16)17-10(7)14-9(15)6-4-2-1-3-5-6/h1-5,10H,(H,14,15)/t10-/m0/s1. The Morgan fingerprint density at radius 2 is 1.88 bits per heavy atom. The number of benzene rings is 1. The number of cyclic esters (lactones) is 1. The molecule has 1 atom stereocenters. The predicted molar refractivity (Wildman–Crippen MR) is 62.5 cm³/mol. The van der Waals surface area contributed by atoms with Crippen molar-refractivity contribution in [1.29, 1.82) is 0 Å². The number of hydrogen-bond acceptors (Lipinski definition) is 3. The van der Waals surface area contributed by atoms with E-state index >= 15 is 0 Å². The lowest BCUT2D eigenvalue weighted by Crippen LogP contribution is -2.35. The van der Waals surface area contributed by atoms with Crippen molar-refractivity contribution in [3.63, 3.8) is 0 Å². The average Bonchev–Trinajstić information content (AvgIpc) is 2.58. The number of carbonyl (C=O) groups is 2. The van der Waals surface area contributed by atoms with Gasteiger partial charge in [-0.05, 0) is 12.1 Å². The van der Waals surface area contributed by atoms with Crippen molar-refractivity contribution in [1.82, 2.24) is 5.32 Å². The molecule has 0 aliphatic carbocycles. The number of amides is 1. The first-order valence-corrected chi connectivity index (χ1v) is 5.47. The Bertz CT molecular complexity index is 499. The van der Waals surface area contributed by atoms with E-state index in [1.54, 1.807) is 30.3 Å². The van der Waals surface area contributed by atoms with E-state index in [4.69, 9.17) is 27.9 Å². The second-order valence-electron chi connectivity index (χ2n) is 3.29. The summed E-state index contributed by atoms with van der Waals surface area (Å²) in [5.41, 5.74) is 0.441. The maximum Gasteiger partial charge on any atom is 0.353 e. The third-order valence-corrected chi connectivity index (χ3v) is 2.98. The van der Waals surface area contributed by atoms with Crippen LogP contribution in [0.1, 0.15) is 10.4 Å². The Balaban J connectivity index is 2.09. The molecule has 0 spiro atoms. The molecule has 1 aromatic carbocycles. The summed E-state index contributed by atoms with van der Waals surface area (Å²) in [5, 5.41) is 2.23. The van der Waals surface area contributed by atoms with Crippen LogP contribution in [0.25, 0.3) is 0 Å². The fraction of sp³-hybridized carbons (Fsp3) is 0.0909. The summed E-state index contributed by atoms with van der Waals surface area (Å²) in [6.07, 6.45) is -1.01. The highest BCUT2D eigenvalue weighted by Crippen LogP contribution is 2.27. The second-order valence-corrected chi connectivity index (χ2v) is 4.07. The summed E-state index contributed by atoms with van der Waals surface area (Å²) >= 11 is 11.3. The molecule has 0 unspecified atom stereocenters. The van der Waals surface area contributed by atoms with Gasteiger partial charge in [-0.2, -0.15) is 0 Å². The smallest absolute Gasteiger partial charge is 0.353 e. The van der Waals surface area contributed by atoms with Gasteiger partial charge in [-0.1, -0.05) is 41.4 Å². The van der Waals surface area contributed by atoms with Gasteiger partial charge >= 0.3 is 5.97 Å². The maximum atomic E-state index is 11.7. The lowest BCUT2D eigenvalue weighted by Gasteiger charge is -2.12. The van der Waals surface area contributed by atoms with E-state index in [0.717, 1.165) is 0 Å². The van der Waals surface area contributed by atoms with Gasteiger partial charge < -0.3 is 10.1 Å². The molecule has 2 rings (SSSR count). The number of carbonyl (C=O) groups excluding carboxylic acids is 2. The molecule has 1 aromatic rings. The maximum absolute atomic E-state index is 11.7. The largest absolute Gasteiger partial charge is 0.432 e. The fourth-order valence-corrected chi connectivity index (χ4v) is 1.63. The van der Waals surface area contributed by atoms with E-state index in [-0.39, 0.29) is 10.1 Å². The van der Waals surface area contributed by atoms with Crippen LogP contribution in [0.2, 0.25) is 0 Å². The van der Waals surface area contributed by atoms with Crippen LogP contribution in [-0.2, 0) is 9.53 Å². The van der Waals surface area contributed by atoms with Gasteiger partial charge in [-0.25, -0.2) is 4.79 Å². The van der Waals surface area contributed by atoms with Crippen molar-refractivity contribution < 1.29 is 14.3 Å². The molecule has 0 aromatic heterocycles. The number of halogens is 2. The molecular weight excluding hydrogens is 265 g/mol. The Morgan fingerprint density at radius 1 is 1.24 bits per heavy atom. The van der Waals surface area contributed by atoms with Crippen LogP contribution in [-0.4, -0.2) is 18.1 Å². The number of ether oxygens (including phenoxy) is 1. The van der Waals surface area contributed by atoms with Crippen molar-refractivity contribution >= 4 is 35.1 Å². The summed E-state index contributed by atoms with van der Waals surface area (Å²) in [6.45, 7) is 0. The Labute approximate surface area is 107 Å². The van der Waals surface area contributed by atoms with Gasteiger partial charge in [0.2, 0.25) is 6.23 Å². The molecule has 1 aliphatic rings. The van der Waals surface area contributed by atoms with Crippen molar-refractivity contribution in [2.24, 2.45) is 0 Å². The Kier molecular flexibility index (Phi) is 3.36. The molecule has 0 fully saturated rings. The van der Waals surface area contributed by atoms with E-state index in [2.05, 4.69) is 5.32 Å². The fourth-order valence-electron chi connectivity index (χ4n) is 1.31. The van der Waals surface area contributed by atoms with E-state index in [9.17, 15) is 9.59 Å². The molecule has 0 saturated carbocycles. The normalized spacial score (nSPS) is 19.2. The van der Waals surface area contributed by atoms with Gasteiger partial charge in [0, 0.05) is 5.56 Å². The van der Waals surface area contributed by atoms with Crippen LogP contribution in [0.3, 0.4) is 0 Å². The quantitative estimate of drug-likeness (QED) is 0.837. The lowest BCUT2D eigenvalue weighted by molar-refractivity contribution is -0.139. The van der Waals surface area contributed by atoms with E-state index in [1.807, 2.05) is 0 Å². The van der Waals surface area contributed by atoms with Gasteiger partial charge in [-0.15, -0.1) is 0 Å². The zero-order valence-corrected chi connectivity index (χ0v) is 9.96.